The van der Waals surface area contributed by atoms with Crippen LogP contribution in [0.2, 0.25) is 0 Å². The van der Waals surface area contributed by atoms with Crippen LogP contribution in [0.1, 0.15) is 41.6 Å². The van der Waals surface area contributed by atoms with E-state index in [1.54, 1.807) is 19.2 Å². The van der Waals surface area contributed by atoms with E-state index in [1.807, 2.05) is 0 Å². The van der Waals surface area contributed by atoms with Gasteiger partial charge < -0.3 is 9.84 Å². The maximum absolute atomic E-state index is 12.0. The van der Waals surface area contributed by atoms with E-state index in [9.17, 15) is 18.0 Å². The first-order chi connectivity index (χ1) is 7.72. The monoisotopic (exact) mass is 250 g/mol. The molecule has 1 N–H and O–H groups in total. The Kier molecular flexibility index (Phi) is 3.79. The van der Waals surface area contributed by atoms with Crippen LogP contribution in [0.5, 0.6) is 0 Å². The van der Waals surface area contributed by atoms with Crippen LogP contribution in [-0.2, 0) is 0 Å². The van der Waals surface area contributed by atoms with E-state index in [-0.39, 0.29) is 17.2 Å². The molecule has 4 nitrogen and oxygen atoms in total. The predicted octanol–water partition coefficient (Wildman–Crippen LogP) is 2.40. The molecule has 96 valence electrons. The highest BCUT2D eigenvalue weighted by Gasteiger charge is 2.30. The first-order valence-electron chi connectivity index (χ1n) is 5.03. The predicted molar refractivity (Wildman–Crippen MR) is 53.7 cm³/mol. The lowest BCUT2D eigenvalue weighted by Gasteiger charge is -2.09. The lowest BCUT2D eigenvalue weighted by Crippen LogP contribution is -2.34. The second-order valence-electron chi connectivity index (χ2n) is 3.96. The molecule has 1 rings (SSSR count). The topological polar surface area (TPSA) is 55.1 Å². The Morgan fingerprint density at radius 3 is 2.53 bits per heavy atom. The van der Waals surface area contributed by atoms with Crippen LogP contribution in [-0.4, -0.2) is 23.8 Å². The molecule has 0 bridgehead atoms. The number of amides is 1. The molecule has 0 fully saturated rings. The van der Waals surface area contributed by atoms with Crippen molar-refractivity contribution in [3.05, 3.63) is 17.0 Å². The second kappa shape index (κ2) is 4.77. The van der Waals surface area contributed by atoms with Gasteiger partial charge in [-0.25, -0.2) is 0 Å². The average molecular weight is 250 g/mol. The Balaban J connectivity index is 2.85. The van der Waals surface area contributed by atoms with Crippen molar-refractivity contribution in [2.75, 3.05) is 6.54 Å². The summed E-state index contributed by atoms with van der Waals surface area (Å²) in [7, 11) is 0. The molecule has 7 heteroatoms. The third-order valence-electron chi connectivity index (χ3n) is 2.09. The van der Waals surface area contributed by atoms with E-state index in [0.29, 0.717) is 5.76 Å². The largest absolute Gasteiger partial charge is 0.405 e. The normalized spacial score (nSPS) is 11.9. The number of halogens is 3. The molecule has 1 aromatic heterocycles. The van der Waals surface area contributed by atoms with Crippen molar-refractivity contribution < 1.29 is 22.5 Å². The number of aryl methyl sites for hydroxylation is 1. The van der Waals surface area contributed by atoms with Gasteiger partial charge in [-0.05, 0) is 6.92 Å². The van der Waals surface area contributed by atoms with Crippen LogP contribution in [0.15, 0.2) is 4.52 Å². The molecule has 17 heavy (non-hydrogen) atoms. The van der Waals surface area contributed by atoms with Crippen molar-refractivity contribution in [2.24, 2.45) is 0 Å². The van der Waals surface area contributed by atoms with Crippen molar-refractivity contribution >= 4 is 5.91 Å². The minimum absolute atomic E-state index is 0.0873. The first kappa shape index (κ1) is 13.5. The molecular weight excluding hydrogens is 237 g/mol. The van der Waals surface area contributed by atoms with Crippen LogP contribution in [0.3, 0.4) is 0 Å². The van der Waals surface area contributed by atoms with Crippen molar-refractivity contribution in [3.63, 3.8) is 0 Å². The Morgan fingerprint density at radius 2 is 2.06 bits per heavy atom. The number of aromatic nitrogens is 1. The van der Waals surface area contributed by atoms with E-state index < -0.39 is 18.6 Å². The molecule has 0 saturated heterocycles. The van der Waals surface area contributed by atoms with Gasteiger partial charge in [-0.1, -0.05) is 19.0 Å². The van der Waals surface area contributed by atoms with Crippen molar-refractivity contribution in [1.82, 2.24) is 10.5 Å². The molecule has 1 heterocycles. The highest BCUT2D eigenvalue weighted by atomic mass is 19.4. The fraction of sp³-hybridized carbons (Fsp3) is 0.600. The molecule has 1 aromatic rings. The van der Waals surface area contributed by atoms with E-state index in [2.05, 4.69) is 5.16 Å². The first-order valence-corrected chi connectivity index (χ1v) is 5.03. The minimum atomic E-state index is -4.43. The van der Waals surface area contributed by atoms with Crippen molar-refractivity contribution in [2.45, 2.75) is 32.9 Å². The smallest absolute Gasteiger partial charge is 0.360 e. The fourth-order valence-electron chi connectivity index (χ4n) is 1.33. The average Bonchev–Trinajstić information content (AvgIpc) is 2.55. The van der Waals surface area contributed by atoms with Gasteiger partial charge in [0.05, 0.1) is 5.69 Å². The van der Waals surface area contributed by atoms with Crippen LogP contribution >= 0.6 is 0 Å². The fourth-order valence-corrected chi connectivity index (χ4v) is 1.33. The molecule has 0 aromatic carbocycles. The number of carbonyl (C=O) groups excluding carboxylic acids is 1. The summed E-state index contributed by atoms with van der Waals surface area (Å²) in [6.45, 7) is 3.67. The van der Waals surface area contributed by atoms with Crippen LogP contribution in [0, 0.1) is 6.92 Å². The van der Waals surface area contributed by atoms with Gasteiger partial charge in [0, 0.05) is 5.92 Å². The van der Waals surface area contributed by atoms with Gasteiger partial charge >= 0.3 is 6.18 Å². The summed E-state index contributed by atoms with van der Waals surface area (Å²) >= 11 is 0. The summed E-state index contributed by atoms with van der Waals surface area (Å²) in [5, 5.41) is 5.38. The van der Waals surface area contributed by atoms with Crippen molar-refractivity contribution in [1.29, 1.82) is 0 Å². The second-order valence-corrected chi connectivity index (χ2v) is 3.96. The quantitative estimate of drug-likeness (QED) is 0.896. The van der Waals surface area contributed by atoms with Crippen LogP contribution < -0.4 is 5.32 Å². The van der Waals surface area contributed by atoms with E-state index in [0.717, 1.165) is 0 Å². The van der Waals surface area contributed by atoms with Gasteiger partial charge in [0.25, 0.3) is 5.91 Å². The maximum Gasteiger partial charge on any atom is 0.405 e. The van der Waals surface area contributed by atoms with E-state index in [1.165, 1.54) is 6.92 Å². The number of hydrogen-bond acceptors (Lipinski definition) is 3. The van der Waals surface area contributed by atoms with Gasteiger partial charge in [-0.15, -0.1) is 0 Å². The lowest BCUT2D eigenvalue weighted by molar-refractivity contribution is -0.123. The summed E-state index contributed by atoms with van der Waals surface area (Å²) in [5.74, 6) is -0.644. The zero-order valence-corrected chi connectivity index (χ0v) is 9.68. The lowest BCUT2D eigenvalue weighted by atomic mass is 10.0. The third kappa shape index (κ3) is 3.47. The standard InChI is InChI=1S/C10H13F3N2O2/c1-5(2)8-7(6(3)15-17-8)9(16)14-4-10(11,12)13/h5H,4H2,1-3H3,(H,14,16). The molecule has 0 aliphatic rings. The van der Waals surface area contributed by atoms with Crippen LogP contribution in [0.4, 0.5) is 13.2 Å². The molecule has 0 unspecified atom stereocenters. The molecule has 0 atom stereocenters. The summed E-state index contributed by atoms with van der Waals surface area (Å²) in [4.78, 5) is 11.6. The molecule has 0 aliphatic heterocycles. The van der Waals surface area contributed by atoms with Gasteiger partial charge in [-0.3, -0.25) is 4.79 Å². The van der Waals surface area contributed by atoms with E-state index in [4.69, 9.17) is 4.52 Å². The summed E-state index contributed by atoms with van der Waals surface area (Å²) in [6, 6.07) is 0. The zero-order chi connectivity index (χ0) is 13.2. The van der Waals surface area contributed by atoms with Gasteiger partial charge in [-0.2, -0.15) is 13.2 Å². The van der Waals surface area contributed by atoms with Crippen molar-refractivity contribution in [3.8, 4) is 0 Å². The summed E-state index contributed by atoms with van der Waals surface area (Å²) in [5.41, 5.74) is 0.373. The van der Waals surface area contributed by atoms with Gasteiger partial charge in [0.2, 0.25) is 0 Å². The van der Waals surface area contributed by atoms with Gasteiger partial charge in [0.1, 0.15) is 12.1 Å². The Morgan fingerprint density at radius 1 is 1.47 bits per heavy atom. The third-order valence-corrected chi connectivity index (χ3v) is 2.09. The summed E-state index contributed by atoms with van der Waals surface area (Å²) in [6.07, 6.45) is -4.43. The highest BCUT2D eigenvalue weighted by Crippen LogP contribution is 2.22. The Bertz CT molecular complexity index is 410. The number of rotatable bonds is 3. The number of carbonyl (C=O) groups is 1. The highest BCUT2D eigenvalue weighted by molar-refractivity contribution is 5.96. The molecule has 0 radical (unpaired) electrons. The molecule has 0 spiro atoms. The molecule has 1 amide bonds. The Hall–Kier alpha value is -1.53. The maximum atomic E-state index is 12.0. The summed E-state index contributed by atoms with van der Waals surface area (Å²) < 4.78 is 40.8. The van der Waals surface area contributed by atoms with Crippen LogP contribution in [0.25, 0.3) is 0 Å². The van der Waals surface area contributed by atoms with Gasteiger partial charge in [0.15, 0.2) is 5.76 Å². The Labute approximate surface area is 96.2 Å². The number of hydrogen-bond donors (Lipinski definition) is 1. The number of alkyl halides is 3. The molecular formula is C10H13F3N2O2. The number of nitrogens with zero attached hydrogens (tertiary/aromatic N) is 1. The SMILES string of the molecule is Cc1noc(C(C)C)c1C(=O)NCC(F)(F)F. The zero-order valence-electron chi connectivity index (χ0n) is 9.68. The molecule has 0 aliphatic carbocycles. The molecule has 0 saturated carbocycles. The van der Waals surface area contributed by atoms with E-state index >= 15 is 0 Å². The number of nitrogens with one attached hydrogen (secondary N) is 1. The minimum Gasteiger partial charge on any atom is -0.360 e.